The Kier molecular flexibility index (Phi) is 11.0. The van der Waals surface area contributed by atoms with Crippen molar-refractivity contribution in [2.45, 2.75) is 57.7 Å². The largest absolute Gasteiger partial charge is 0.503 e. The standard InChI is InChI=1S/C10H17NO.2CH2O3/c1-3-10(4-2)7-5-6-9(8-11)12-10;2*2-1(3)4/h9H,3-7H2,1-2H3;2*(H2,2,3,4). The first-order chi connectivity index (χ1) is 9.22. The van der Waals surface area contributed by atoms with Crippen molar-refractivity contribution in [3.05, 3.63) is 0 Å². The van der Waals surface area contributed by atoms with E-state index in [-0.39, 0.29) is 11.7 Å². The minimum atomic E-state index is -1.83. The zero-order valence-electron chi connectivity index (χ0n) is 11.6. The molecule has 1 rings (SSSR count). The summed E-state index contributed by atoms with van der Waals surface area (Å²) in [6.45, 7) is 4.28. The number of carbonyl (C=O) groups is 2. The van der Waals surface area contributed by atoms with Gasteiger partial charge in [-0.05, 0) is 32.1 Å². The van der Waals surface area contributed by atoms with Gasteiger partial charge in [0.1, 0.15) is 6.10 Å². The lowest BCUT2D eigenvalue weighted by atomic mass is 9.87. The highest BCUT2D eigenvalue weighted by Crippen LogP contribution is 2.33. The van der Waals surface area contributed by atoms with Crippen molar-refractivity contribution in [2.75, 3.05) is 0 Å². The molecule has 20 heavy (non-hydrogen) atoms. The predicted octanol–water partition coefficient (Wildman–Crippen LogP) is 3.08. The summed E-state index contributed by atoms with van der Waals surface area (Å²) in [6, 6.07) is 2.21. The first kappa shape index (κ1) is 20.3. The topological polar surface area (TPSA) is 148 Å². The molecule has 0 aromatic heterocycles. The van der Waals surface area contributed by atoms with E-state index >= 15 is 0 Å². The fraction of sp³-hybridized carbons (Fsp3) is 0.750. The molecule has 1 aliphatic rings. The summed E-state index contributed by atoms with van der Waals surface area (Å²) in [6.07, 6.45) is 1.42. The molecule has 8 nitrogen and oxygen atoms in total. The van der Waals surface area contributed by atoms with Crippen LogP contribution in [0.4, 0.5) is 9.59 Å². The monoisotopic (exact) mass is 291 g/mol. The third kappa shape index (κ3) is 11.1. The Morgan fingerprint density at radius 2 is 1.60 bits per heavy atom. The fourth-order valence-corrected chi connectivity index (χ4v) is 1.89. The van der Waals surface area contributed by atoms with Crippen LogP contribution in [0.2, 0.25) is 0 Å². The van der Waals surface area contributed by atoms with E-state index < -0.39 is 12.3 Å². The highest BCUT2D eigenvalue weighted by molar-refractivity contribution is 5.53. The maximum Gasteiger partial charge on any atom is 0.503 e. The molecule has 8 heteroatoms. The average Bonchev–Trinajstić information content (AvgIpc) is 2.37. The number of hydrogen-bond donors (Lipinski definition) is 4. The van der Waals surface area contributed by atoms with Crippen molar-refractivity contribution in [2.24, 2.45) is 0 Å². The minimum absolute atomic E-state index is 0.0125. The first-order valence-electron chi connectivity index (χ1n) is 6.14. The van der Waals surface area contributed by atoms with Gasteiger partial charge in [-0.2, -0.15) is 5.26 Å². The molecule has 4 N–H and O–H groups in total. The number of rotatable bonds is 2. The fourth-order valence-electron chi connectivity index (χ4n) is 1.89. The van der Waals surface area contributed by atoms with Crippen LogP contribution in [0.25, 0.3) is 0 Å². The molecule has 0 radical (unpaired) electrons. The van der Waals surface area contributed by atoms with Crippen LogP contribution in [0.15, 0.2) is 0 Å². The average molecular weight is 291 g/mol. The molecule has 0 aromatic carbocycles. The van der Waals surface area contributed by atoms with Gasteiger partial charge < -0.3 is 25.2 Å². The van der Waals surface area contributed by atoms with E-state index in [0.29, 0.717) is 0 Å². The quantitative estimate of drug-likeness (QED) is 0.606. The number of hydrogen-bond acceptors (Lipinski definition) is 4. The Morgan fingerprint density at radius 1 is 1.20 bits per heavy atom. The zero-order valence-corrected chi connectivity index (χ0v) is 11.6. The van der Waals surface area contributed by atoms with Crippen molar-refractivity contribution in [3.63, 3.8) is 0 Å². The van der Waals surface area contributed by atoms with Gasteiger partial charge in [0.25, 0.3) is 0 Å². The Labute approximate surface area is 117 Å². The molecular weight excluding hydrogens is 270 g/mol. The number of nitrogens with zero attached hydrogens (tertiary/aromatic N) is 1. The maximum atomic E-state index is 8.74. The molecule has 1 atom stereocenters. The SMILES string of the molecule is CCC1(CC)CCCC(C#N)O1.O=C(O)O.O=C(O)O. The zero-order chi connectivity index (χ0) is 16.2. The summed E-state index contributed by atoms with van der Waals surface area (Å²) in [5.74, 6) is 0. The van der Waals surface area contributed by atoms with Gasteiger partial charge in [-0.3, -0.25) is 0 Å². The molecule has 0 aliphatic carbocycles. The Balaban J connectivity index is 0. The van der Waals surface area contributed by atoms with Crippen molar-refractivity contribution >= 4 is 12.3 Å². The number of nitriles is 1. The molecule has 1 fully saturated rings. The lowest BCUT2D eigenvalue weighted by molar-refractivity contribution is -0.111. The van der Waals surface area contributed by atoms with Crippen LogP contribution in [0, 0.1) is 11.3 Å². The second-order valence-corrected chi connectivity index (χ2v) is 4.08. The highest BCUT2D eigenvalue weighted by atomic mass is 16.6. The predicted molar refractivity (Wildman–Crippen MR) is 69.0 cm³/mol. The Morgan fingerprint density at radius 3 is 1.90 bits per heavy atom. The molecule has 0 aromatic rings. The van der Waals surface area contributed by atoms with Gasteiger partial charge in [0, 0.05) is 0 Å². The van der Waals surface area contributed by atoms with Crippen LogP contribution < -0.4 is 0 Å². The minimum Gasteiger partial charge on any atom is -0.450 e. The van der Waals surface area contributed by atoms with Crippen LogP contribution in [0.5, 0.6) is 0 Å². The van der Waals surface area contributed by atoms with E-state index in [0.717, 1.165) is 32.1 Å². The summed E-state index contributed by atoms with van der Waals surface area (Å²) in [7, 11) is 0. The molecule has 116 valence electrons. The summed E-state index contributed by atoms with van der Waals surface area (Å²) in [5, 5.41) is 36.6. The van der Waals surface area contributed by atoms with Crippen molar-refractivity contribution < 1.29 is 34.8 Å². The van der Waals surface area contributed by atoms with Crippen molar-refractivity contribution in [3.8, 4) is 6.07 Å². The summed E-state index contributed by atoms with van der Waals surface area (Å²) < 4.78 is 5.76. The third-order valence-corrected chi connectivity index (χ3v) is 2.92. The van der Waals surface area contributed by atoms with E-state index in [4.69, 9.17) is 40.0 Å². The molecule has 0 amide bonds. The van der Waals surface area contributed by atoms with E-state index in [9.17, 15) is 0 Å². The molecule has 0 saturated carbocycles. The van der Waals surface area contributed by atoms with Crippen LogP contribution in [-0.2, 0) is 4.74 Å². The van der Waals surface area contributed by atoms with E-state index in [1.807, 2.05) is 0 Å². The molecule has 1 unspecified atom stereocenters. The second-order valence-electron chi connectivity index (χ2n) is 4.08. The van der Waals surface area contributed by atoms with Gasteiger partial charge in [-0.25, -0.2) is 9.59 Å². The second kappa shape index (κ2) is 10.9. The summed E-state index contributed by atoms with van der Waals surface area (Å²) in [4.78, 5) is 17.1. The molecule has 0 spiro atoms. The van der Waals surface area contributed by atoms with Crippen LogP contribution >= 0.6 is 0 Å². The summed E-state index contributed by atoms with van der Waals surface area (Å²) >= 11 is 0. The number of ether oxygens (including phenoxy) is 1. The maximum absolute atomic E-state index is 8.74. The molecule has 1 saturated heterocycles. The number of carboxylic acid groups (broad SMARTS) is 4. The highest BCUT2D eigenvalue weighted by Gasteiger charge is 2.33. The normalized spacial score (nSPS) is 19.1. The van der Waals surface area contributed by atoms with Crippen molar-refractivity contribution in [1.82, 2.24) is 0 Å². The van der Waals surface area contributed by atoms with Crippen molar-refractivity contribution in [1.29, 1.82) is 5.26 Å². The van der Waals surface area contributed by atoms with E-state index in [1.54, 1.807) is 0 Å². The summed E-state index contributed by atoms with van der Waals surface area (Å²) in [5.41, 5.74) is 0.0125. The van der Waals surface area contributed by atoms with Gasteiger partial charge in [-0.1, -0.05) is 13.8 Å². The van der Waals surface area contributed by atoms with Gasteiger partial charge in [0.15, 0.2) is 0 Å². The van der Waals surface area contributed by atoms with Crippen LogP contribution in [0.3, 0.4) is 0 Å². The molecule has 0 bridgehead atoms. The van der Waals surface area contributed by atoms with Gasteiger partial charge >= 0.3 is 12.3 Å². The van der Waals surface area contributed by atoms with Gasteiger partial charge in [0.2, 0.25) is 0 Å². The van der Waals surface area contributed by atoms with Crippen LogP contribution in [-0.4, -0.2) is 44.4 Å². The molecular formula is C12H21NO7. The van der Waals surface area contributed by atoms with Gasteiger partial charge in [-0.15, -0.1) is 0 Å². The molecule has 1 heterocycles. The molecule has 1 aliphatic heterocycles. The Bertz CT molecular complexity index is 313. The first-order valence-corrected chi connectivity index (χ1v) is 6.14. The Hall–Kier alpha value is -2.01. The van der Waals surface area contributed by atoms with Gasteiger partial charge in [0.05, 0.1) is 11.7 Å². The lowest BCUT2D eigenvalue weighted by Crippen LogP contribution is -2.39. The lowest BCUT2D eigenvalue weighted by Gasteiger charge is -2.38. The van der Waals surface area contributed by atoms with E-state index in [2.05, 4.69) is 19.9 Å². The smallest absolute Gasteiger partial charge is 0.450 e. The third-order valence-electron chi connectivity index (χ3n) is 2.92. The van der Waals surface area contributed by atoms with E-state index in [1.165, 1.54) is 0 Å². The van der Waals surface area contributed by atoms with Crippen LogP contribution in [0.1, 0.15) is 46.0 Å².